The van der Waals surface area contributed by atoms with Gasteiger partial charge in [-0.05, 0) is 40.8 Å². The number of benzene rings is 2. The Bertz CT molecular complexity index is 726. The van der Waals surface area contributed by atoms with Crippen LogP contribution in [0.25, 0.3) is 0 Å². The Labute approximate surface area is 157 Å². The van der Waals surface area contributed by atoms with Gasteiger partial charge < -0.3 is 15.4 Å². The Morgan fingerprint density at radius 3 is 1.92 bits per heavy atom. The van der Waals surface area contributed by atoms with E-state index in [2.05, 4.69) is 57.4 Å². The summed E-state index contributed by atoms with van der Waals surface area (Å²) >= 11 is 0. The molecule has 0 aliphatic rings. The second-order valence-electron chi connectivity index (χ2n) is 8.25. The first-order valence-corrected chi connectivity index (χ1v) is 8.92. The van der Waals surface area contributed by atoms with Gasteiger partial charge in [0, 0.05) is 17.6 Å². The number of hydrogen-bond acceptors (Lipinski definition) is 2. The van der Waals surface area contributed by atoms with Crippen molar-refractivity contribution in [2.75, 3.05) is 19.0 Å². The number of nitrogens with one attached hydrogen (secondary N) is 2. The van der Waals surface area contributed by atoms with Crippen molar-refractivity contribution < 1.29 is 9.53 Å². The summed E-state index contributed by atoms with van der Waals surface area (Å²) < 4.78 is 5.20. The van der Waals surface area contributed by atoms with Crippen LogP contribution >= 0.6 is 0 Å². The number of ether oxygens (including phenoxy) is 1. The van der Waals surface area contributed by atoms with Crippen LogP contribution in [-0.4, -0.2) is 19.7 Å². The molecule has 0 aromatic heterocycles. The maximum atomic E-state index is 12.2. The van der Waals surface area contributed by atoms with Gasteiger partial charge in [-0.25, -0.2) is 4.79 Å². The third-order valence-electron chi connectivity index (χ3n) is 4.57. The summed E-state index contributed by atoms with van der Waals surface area (Å²) in [5, 5.41) is 5.85. The molecule has 140 valence electrons. The lowest BCUT2D eigenvalue weighted by atomic mass is 9.84. The molecule has 0 aliphatic heterocycles. The SMILES string of the molecule is COc1ccc(C(C)(C)CNC(=O)Nc2ccc(C(C)(C)C)cc2)cc1. The van der Waals surface area contributed by atoms with Gasteiger partial charge in [0.25, 0.3) is 0 Å². The molecule has 0 saturated carbocycles. The van der Waals surface area contributed by atoms with Crippen molar-refractivity contribution in [3.8, 4) is 5.75 Å². The lowest BCUT2D eigenvalue weighted by molar-refractivity contribution is 0.249. The van der Waals surface area contributed by atoms with Crippen molar-refractivity contribution in [3.05, 3.63) is 59.7 Å². The summed E-state index contributed by atoms with van der Waals surface area (Å²) in [7, 11) is 1.65. The minimum Gasteiger partial charge on any atom is -0.497 e. The van der Waals surface area contributed by atoms with Crippen LogP contribution in [0.4, 0.5) is 10.5 Å². The highest BCUT2D eigenvalue weighted by molar-refractivity contribution is 5.89. The molecule has 0 aliphatic carbocycles. The Hall–Kier alpha value is -2.49. The maximum Gasteiger partial charge on any atom is 0.319 e. The van der Waals surface area contributed by atoms with Crippen LogP contribution in [0.15, 0.2) is 48.5 Å². The molecule has 0 spiro atoms. The number of carbonyl (C=O) groups excluding carboxylic acids is 1. The first-order valence-electron chi connectivity index (χ1n) is 8.92. The molecule has 4 heteroatoms. The third kappa shape index (κ3) is 5.25. The van der Waals surface area contributed by atoms with Gasteiger partial charge in [0.05, 0.1) is 7.11 Å². The molecular formula is C22H30N2O2. The van der Waals surface area contributed by atoms with Crippen molar-refractivity contribution in [2.24, 2.45) is 0 Å². The highest BCUT2D eigenvalue weighted by atomic mass is 16.5. The molecule has 2 aromatic carbocycles. The maximum absolute atomic E-state index is 12.2. The summed E-state index contributed by atoms with van der Waals surface area (Å²) in [5.41, 5.74) is 3.10. The monoisotopic (exact) mass is 354 g/mol. The van der Waals surface area contributed by atoms with E-state index in [-0.39, 0.29) is 16.9 Å². The zero-order valence-electron chi connectivity index (χ0n) is 16.6. The summed E-state index contributed by atoms with van der Waals surface area (Å²) in [6, 6.07) is 15.7. The largest absolute Gasteiger partial charge is 0.497 e. The lowest BCUT2D eigenvalue weighted by Crippen LogP contribution is -2.38. The average molecular weight is 354 g/mol. The molecule has 0 fully saturated rings. The highest BCUT2D eigenvalue weighted by Gasteiger charge is 2.21. The Morgan fingerprint density at radius 1 is 0.885 bits per heavy atom. The standard InChI is InChI=1S/C22H30N2O2/c1-21(2,3)16-7-11-18(12-8-16)24-20(25)23-15-22(4,5)17-9-13-19(26-6)14-10-17/h7-14H,15H2,1-6H3,(H2,23,24,25). The zero-order valence-corrected chi connectivity index (χ0v) is 16.6. The Kier molecular flexibility index (Phi) is 5.96. The molecule has 0 radical (unpaired) electrons. The van der Waals surface area contributed by atoms with E-state index in [4.69, 9.17) is 4.74 Å². The van der Waals surface area contributed by atoms with Gasteiger partial charge in [0.1, 0.15) is 5.75 Å². The van der Waals surface area contributed by atoms with Crippen molar-refractivity contribution >= 4 is 11.7 Å². The van der Waals surface area contributed by atoms with Gasteiger partial charge in [-0.1, -0.05) is 58.9 Å². The fourth-order valence-electron chi connectivity index (χ4n) is 2.67. The molecule has 2 amide bonds. The van der Waals surface area contributed by atoms with Gasteiger partial charge in [-0.2, -0.15) is 0 Å². The smallest absolute Gasteiger partial charge is 0.319 e. The van der Waals surface area contributed by atoms with Crippen LogP contribution in [0.2, 0.25) is 0 Å². The normalized spacial score (nSPS) is 11.8. The van der Waals surface area contributed by atoms with Crippen LogP contribution in [-0.2, 0) is 10.8 Å². The third-order valence-corrected chi connectivity index (χ3v) is 4.57. The predicted octanol–water partition coefficient (Wildman–Crippen LogP) is 5.09. The fraction of sp³-hybridized carbons (Fsp3) is 0.409. The number of carbonyl (C=O) groups is 1. The first kappa shape index (κ1) is 19.8. The predicted molar refractivity (Wildman–Crippen MR) is 108 cm³/mol. The van der Waals surface area contributed by atoms with Crippen LogP contribution in [0.5, 0.6) is 5.75 Å². The van der Waals surface area contributed by atoms with Crippen LogP contribution in [0.3, 0.4) is 0 Å². The molecular weight excluding hydrogens is 324 g/mol. The number of urea groups is 1. The quantitative estimate of drug-likeness (QED) is 0.785. The summed E-state index contributed by atoms with van der Waals surface area (Å²) in [5.74, 6) is 0.828. The van der Waals surface area contributed by atoms with E-state index in [0.717, 1.165) is 17.0 Å². The highest BCUT2D eigenvalue weighted by Crippen LogP contribution is 2.25. The molecule has 26 heavy (non-hydrogen) atoms. The van der Waals surface area contributed by atoms with E-state index in [1.807, 2.05) is 36.4 Å². The van der Waals surface area contributed by atoms with E-state index in [9.17, 15) is 4.79 Å². The van der Waals surface area contributed by atoms with Crippen molar-refractivity contribution in [1.29, 1.82) is 0 Å². The average Bonchev–Trinajstić information content (AvgIpc) is 2.60. The Balaban J connectivity index is 1.92. The molecule has 0 bridgehead atoms. The Morgan fingerprint density at radius 2 is 1.42 bits per heavy atom. The lowest BCUT2D eigenvalue weighted by Gasteiger charge is -2.26. The summed E-state index contributed by atoms with van der Waals surface area (Å²) in [6.45, 7) is 11.3. The molecule has 2 rings (SSSR count). The number of amides is 2. The van der Waals surface area contributed by atoms with Crippen molar-refractivity contribution in [2.45, 2.75) is 45.4 Å². The molecule has 4 nitrogen and oxygen atoms in total. The van der Waals surface area contributed by atoms with E-state index in [0.29, 0.717) is 6.54 Å². The van der Waals surface area contributed by atoms with E-state index >= 15 is 0 Å². The van der Waals surface area contributed by atoms with Crippen LogP contribution in [0, 0.1) is 0 Å². The molecule has 2 N–H and O–H groups in total. The van der Waals surface area contributed by atoms with Gasteiger partial charge in [-0.15, -0.1) is 0 Å². The van der Waals surface area contributed by atoms with Crippen molar-refractivity contribution in [3.63, 3.8) is 0 Å². The van der Waals surface area contributed by atoms with E-state index < -0.39 is 0 Å². The summed E-state index contributed by atoms with van der Waals surface area (Å²) in [6.07, 6.45) is 0. The van der Waals surface area contributed by atoms with Crippen LogP contribution in [0.1, 0.15) is 45.7 Å². The van der Waals surface area contributed by atoms with Gasteiger partial charge in [0.15, 0.2) is 0 Å². The number of methoxy groups -OCH3 is 1. The first-order chi connectivity index (χ1) is 12.1. The summed E-state index contributed by atoms with van der Waals surface area (Å²) in [4.78, 5) is 12.2. The molecule has 0 saturated heterocycles. The minimum atomic E-state index is -0.199. The van der Waals surface area contributed by atoms with E-state index in [1.165, 1.54) is 5.56 Å². The fourth-order valence-corrected chi connectivity index (χ4v) is 2.67. The second-order valence-corrected chi connectivity index (χ2v) is 8.25. The number of hydrogen-bond donors (Lipinski definition) is 2. The zero-order chi connectivity index (χ0) is 19.4. The number of anilines is 1. The van der Waals surface area contributed by atoms with E-state index in [1.54, 1.807) is 7.11 Å². The van der Waals surface area contributed by atoms with Crippen molar-refractivity contribution in [1.82, 2.24) is 5.32 Å². The minimum absolute atomic E-state index is 0.100. The molecule has 0 atom stereocenters. The molecule has 2 aromatic rings. The van der Waals surface area contributed by atoms with Gasteiger partial charge in [-0.3, -0.25) is 0 Å². The van der Waals surface area contributed by atoms with Gasteiger partial charge >= 0.3 is 6.03 Å². The topological polar surface area (TPSA) is 50.4 Å². The van der Waals surface area contributed by atoms with Gasteiger partial charge in [0.2, 0.25) is 0 Å². The molecule has 0 unspecified atom stereocenters. The second kappa shape index (κ2) is 7.81. The molecule has 0 heterocycles. The van der Waals surface area contributed by atoms with Crippen LogP contribution < -0.4 is 15.4 Å². The number of rotatable bonds is 5.